The van der Waals surface area contributed by atoms with E-state index in [4.69, 9.17) is 4.74 Å². The molecule has 0 spiro atoms. The smallest absolute Gasteiger partial charge is 0.460 e. The van der Waals surface area contributed by atoms with Crippen LogP contribution in [-0.2, 0) is 9.53 Å². The minimum absolute atomic E-state index is 0.398. The molecule has 170 valence electrons. The Labute approximate surface area is 153 Å². The molecule has 1 atom stereocenters. The van der Waals surface area contributed by atoms with Crippen molar-refractivity contribution in [2.24, 2.45) is 0 Å². The van der Waals surface area contributed by atoms with Gasteiger partial charge in [-0.25, -0.2) is 0 Å². The van der Waals surface area contributed by atoms with Gasteiger partial charge in [-0.05, 0) is 12.8 Å². The van der Waals surface area contributed by atoms with Crippen molar-refractivity contribution in [1.82, 2.24) is 0 Å². The van der Waals surface area contributed by atoms with E-state index in [1.807, 2.05) is 0 Å². The van der Waals surface area contributed by atoms with E-state index < -0.39 is 73.4 Å². The quantitative estimate of drug-likeness (QED) is 0.432. The first-order valence-electron chi connectivity index (χ1n) is 7.53. The summed E-state index contributed by atoms with van der Waals surface area (Å²) in [6.45, 7) is 0. The summed E-state index contributed by atoms with van der Waals surface area (Å²) in [5, 5.41) is 0. The van der Waals surface area contributed by atoms with Crippen molar-refractivity contribution in [3.63, 3.8) is 0 Å². The molecule has 0 amide bonds. The second-order valence-corrected chi connectivity index (χ2v) is 6.12. The number of ketones is 1. The van der Waals surface area contributed by atoms with Gasteiger partial charge in [0.1, 0.15) is 6.10 Å². The first-order chi connectivity index (χ1) is 12.7. The predicted molar refractivity (Wildman–Crippen MR) is 68.3 cm³/mol. The second-order valence-electron chi connectivity index (χ2n) is 6.12. The van der Waals surface area contributed by atoms with Crippen LogP contribution in [0.15, 0.2) is 12.3 Å². The number of allylic oxidation sites excluding steroid dienone is 1. The van der Waals surface area contributed by atoms with Crippen LogP contribution in [0, 0.1) is 0 Å². The van der Waals surface area contributed by atoms with Gasteiger partial charge in [0.15, 0.2) is 5.78 Å². The zero-order chi connectivity index (χ0) is 23.1. The van der Waals surface area contributed by atoms with Crippen molar-refractivity contribution in [3.8, 4) is 0 Å². The van der Waals surface area contributed by atoms with Crippen molar-refractivity contribution >= 4 is 5.78 Å². The molecule has 0 aromatic heterocycles. The zero-order valence-corrected chi connectivity index (χ0v) is 13.8. The van der Waals surface area contributed by atoms with Gasteiger partial charge in [0.25, 0.3) is 0 Å². The molecule has 0 saturated heterocycles. The lowest BCUT2D eigenvalue weighted by atomic mass is 9.91. The predicted octanol–water partition coefficient (Wildman–Crippen LogP) is 5.77. The molecule has 2 nitrogen and oxygen atoms in total. The fraction of sp³-hybridized carbons (Fsp3) is 0.786. The summed E-state index contributed by atoms with van der Waals surface area (Å²) in [6, 6.07) is 0. The van der Waals surface area contributed by atoms with Crippen molar-refractivity contribution in [2.75, 3.05) is 0 Å². The van der Waals surface area contributed by atoms with E-state index in [-0.39, 0.29) is 0 Å². The fourth-order valence-corrected chi connectivity index (χ4v) is 2.25. The number of halogens is 13. The number of hydrogen-bond acceptors (Lipinski definition) is 2. The van der Waals surface area contributed by atoms with Crippen LogP contribution in [0.4, 0.5) is 57.1 Å². The van der Waals surface area contributed by atoms with Crippen LogP contribution in [0.1, 0.15) is 25.7 Å². The summed E-state index contributed by atoms with van der Waals surface area (Å²) in [6.07, 6.45) is -11.2. The summed E-state index contributed by atoms with van der Waals surface area (Å²) in [5.41, 5.74) is 0. The van der Waals surface area contributed by atoms with Crippen molar-refractivity contribution in [2.45, 2.75) is 67.6 Å². The van der Waals surface area contributed by atoms with E-state index >= 15 is 0 Å². The standard InChI is InChI=1S/C14H11F13O2/c15-9(16,4-1-2-8-6-7(28)3-5-29-8)10(17,18)11(19,20)12(21,22)13(23,24)14(25,26)27/h3,5,8H,1-2,4,6H2/t8-/m0/s1. The molecular weight excluding hydrogens is 447 g/mol. The Kier molecular flexibility index (Phi) is 6.57. The van der Waals surface area contributed by atoms with E-state index in [0.29, 0.717) is 0 Å². The van der Waals surface area contributed by atoms with Gasteiger partial charge in [-0.3, -0.25) is 4.79 Å². The van der Waals surface area contributed by atoms with Crippen LogP contribution in [0.25, 0.3) is 0 Å². The average Bonchev–Trinajstić information content (AvgIpc) is 2.52. The van der Waals surface area contributed by atoms with Crippen LogP contribution in [-0.4, -0.2) is 47.7 Å². The monoisotopic (exact) mass is 458 g/mol. The minimum Gasteiger partial charge on any atom is -0.497 e. The van der Waals surface area contributed by atoms with Crippen LogP contribution in [0.5, 0.6) is 0 Å². The Morgan fingerprint density at radius 2 is 1.28 bits per heavy atom. The van der Waals surface area contributed by atoms with Crippen molar-refractivity contribution in [1.29, 1.82) is 0 Å². The first kappa shape index (κ1) is 25.3. The molecule has 15 heteroatoms. The number of ether oxygens (including phenoxy) is 1. The maximum absolute atomic E-state index is 13.5. The molecule has 0 bridgehead atoms. The Hall–Kier alpha value is -1.70. The normalized spacial score (nSPS) is 20.0. The molecule has 0 radical (unpaired) electrons. The van der Waals surface area contributed by atoms with Crippen molar-refractivity contribution in [3.05, 3.63) is 12.3 Å². The summed E-state index contributed by atoms with van der Waals surface area (Å²) >= 11 is 0. The highest BCUT2D eigenvalue weighted by molar-refractivity contribution is 5.90. The zero-order valence-electron chi connectivity index (χ0n) is 13.8. The second kappa shape index (κ2) is 7.52. The molecule has 1 rings (SSSR count). The first-order valence-corrected chi connectivity index (χ1v) is 7.53. The lowest BCUT2D eigenvalue weighted by Crippen LogP contribution is -2.70. The molecule has 0 aromatic rings. The largest absolute Gasteiger partial charge is 0.497 e. The van der Waals surface area contributed by atoms with Gasteiger partial charge >= 0.3 is 35.8 Å². The Morgan fingerprint density at radius 1 is 0.793 bits per heavy atom. The number of alkyl halides is 13. The molecule has 0 N–H and O–H groups in total. The van der Waals surface area contributed by atoms with Gasteiger partial charge < -0.3 is 4.74 Å². The van der Waals surface area contributed by atoms with E-state index in [0.717, 1.165) is 12.3 Å². The highest BCUT2D eigenvalue weighted by atomic mass is 19.4. The van der Waals surface area contributed by atoms with E-state index in [1.54, 1.807) is 0 Å². The lowest BCUT2D eigenvalue weighted by Gasteiger charge is -2.39. The van der Waals surface area contributed by atoms with Gasteiger partial charge in [-0.15, -0.1) is 0 Å². The third-order valence-corrected chi connectivity index (χ3v) is 3.97. The highest BCUT2D eigenvalue weighted by Gasteiger charge is 2.90. The molecule has 0 saturated carbocycles. The average molecular weight is 458 g/mol. The van der Waals surface area contributed by atoms with Crippen LogP contribution < -0.4 is 0 Å². The summed E-state index contributed by atoms with van der Waals surface area (Å²) in [5.74, 6) is -37.3. The van der Waals surface area contributed by atoms with E-state index in [2.05, 4.69) is 0 Å². The number of carbonyl (C=O) groups excluding carboxylic acids is 1. The summed E-state index contributed by atoms with van der Waals surface area (Å²) in [7, 11) is 0. The molecule has 1 aliphatic rings. The van der Waals surface area contributed by atoms with E-state index in [1.165, 1.54) is 0 Å². The topological polar surface area (TPSA) is 26.3 Å². The molecule has 0 aliphatic carbocycles. The molecular formula is C14H11F13O2. The molecule has 0 unspecified atom stereocenters. The van der Waals surface area contributed by atoms with Crippen LogP contribution >= 0.6 is 0 Å². The van der Waals surface area contributed by atoms with E-state index in [9.17, 15) is 61.9 Å². The fourth-order valence-electron chi connectivity index (χ4n) is 2.25. The lowest BCUT2D eigenvalue weighted by molar-refractivity contribution is -0.440. The maximum Gasteiger partial charge on any atom is 0.460 e. The number of carbonyl (C=O) groups is 1. The Morgan fingerprint density at radius 3 is 1.72 bits per heavy atom. The maximum atomic E-state index is 13.5. The van der Waals surface area contributed by atoms with Gasteiger partial charge in [-0.1, -0.05) is 0 Å². The number of rotatable bonds is 8. The molecule has 1 heterocycles. The highest BCUT2D eigenvalue weighted by Crippen LogP contribution is 2.60. The summed E-state index contributed by atoms with van der Waals surface area (Å²) in [4.78, 5) is 11.0. The van der Waals surface area contributed by atoms with Gasteiger partial charge in [0.2, 0.25) is 0 Å². The third kappa shape index (κ3) is 4.27. The van der Waals surface area contributed by atoms with Gasteiger partial charge in [0, 0.05) is 18.9 Å². The Balaban J connectivity index is 3.03. The van der Waals surface area contributed by atoms with Crippen molar-refractivity contribution < 1.29 is 66.6 Å². The SMILES string of the molecule is O=C1C=CO[C@@H](CCCC(F)(F)C(F)(F)C(F)(F)C(F)(F)C(F)(F)C(F)(F)F)C1. The third-order valence-electron chi connectivity index (χ3n) is 3.97. The summed E-state index contributed by atoms with van der Waals surface area (Å²) < 4.78 is 173. The molecule has 29 heavy (non-hydrogen) atoms. The molecule has 0 aromatic carbocycles. The minimum atomic E-state index is -7.89. The molecule has 1 aliphatic heterocycles. The molecule has 0 fully saturated rings. The van der Waals surface area contributed by atoms with Gasteiger partial charge in [-0.2, -0.15) is 57.1 Å². The van der Waals surface area contributed by atoms with Crippen LogP contribution in [0.2, 0.25) is 0 Å². The van der Waals surface area contributed by atoms with Crippen LogP contribution in [0.3, 0.4) is 0 Å². The Bertz CT molecular complexity index is 636. The van der Waals surface area contributed by atoms with Gasteiger partial charge in [0.05, 0.1) is 6.26 Å². The number of hydrogen-bond donors (Lipinski definition) is 0.